The molecule has 0 bridgehead atoms. The molecule has 2 unspecified atom stereocenters. The zero-order valence-electron chi connectivity index (χ0n) is 26.6. The number of carbonyl (C=O) groups is 1. The van der Waals surface area contributed by atoms with Crippen molar-refractivity contribution in [2.24, 2.45) is 0 Å². The highest BCUT2D eigenvalue weighted by molar-refractivity contribution is 7.86. The van der Waals surface area contributed by atoms with E-state index in [-0.39, 0.29) is 38.3 Å². The van der Waals surface area contributed by atoms with E-state index in [1.54, 1.807) is 24.3 Å². The van der Waals surface area contributed by atoms with E-state index in [9.17, 15) is 27.0 Å². The number of rotatable bonds is 12. The Kier molecular flexibility index (Phi) is 10.3. The van der Waals surface area contributed by atoms with Crippen LogP contribution in [0.4, 0.5) is 4.39 Å². The molecule has 49 heavy (non-hydrogen) atoms. The summed E-state index contributed by atoms with van der Waals surface area (Å²) in [5.74, 6) is -1.92. The van der Waals surface area contributed by atoms with Crippen LogP contribution in [-0.2, 0) is 23.3 Å². The Balaban J connectivity index is 1.35. The van der Waals surface area contributed by atoms with E-state index in [0.717, 1.165) is 16.7 Å². The van der Waals surface area contributed by atoms with Gasteiger partial charge in [0.1, 0.15) is 17.7 Å². The van der Waals surface area contributed by atoms with Crippen molar-refractivity contribution in [1.29, 1.82) is 0 Å². The second-order valence-electron chi connectivity index (χ2n) is 12.1. The molecule has 1 N–H and O–H groups in total. The van der Waals surface area contributed by atoms with E-state index >= 15 is 0 Å². The first-order chi connectivity index (χ1) is 23.7. The molecule has 1 saturated heterocycles. The van der Waals surface area contributed by atoms with E-state index in [1.807, 2.05) is 78.9 Å². The van der Waals surface area contributed by atoms with Crippen molar-refractivity contribution in [3.05, 3.63) is 165 Å². The molecule has 11 heteroatoms. The number of halogens is 1. The molecule has 1 amide bonds. The number of hydrogen-bond acceptors (Lipinski definition) is 6. The zero-order valence-corrected chi connectivity index (χ0v) is 27.5. The average molecular weight is 682 g/mol. The standard InChI is InChI=1S/C38H36FN3O6S/c39-31-19-10-18-30(22-31)32(29-16-8-3-9-17-29)23-35(49(45,46)47)33-20-11-21-42(33)38(44)36-37(43)34(48-26-28-14-6-2-7-15-28)25-41(40-36)24-27-12-4-1-5-13-27/h1-10,12-19,22,25,32-33,35H,11,20-21,23-24,26H2,(H,45,46,47)/t32?,33-,35?/m1/s1. The minimum absolute atomic E-state index is 0.0737. The molecule has 0 aliphatic carbocycles. The van der Waals surface area contributed by atoms with Crippen molar-refractivity contribution in [3.8, 4) is 5.75 Å². The fourth-order valence-corrected chi connectivity index (χ4v) is 7.61. The largest absolute Gasteiger partial charge is 0.483 e. The van der Waals surface area contributed by atoms with E-state index in [2.05, 4.69) is 5.10 Å². The van der Waals surface area contributed by atoms with Crippen LogP contribution in [0.2, 0.25) is 0 Å². The lowest BCUT2D eigenvalue weighted by Gasteiger charge is -2.32. The Labute approximate surface area is 284 Å². The van der Waals surface area contributed by atoms with Crippen LogP contribution in [-0.4, -0.2) is 51.4 Å². The summed E-state index contributed by atoms with van der Waals surface area (Å²) < 4.78 is 58.7. The van der Waals surface area contributed by atoms with Gasteiger partial charge in [0.05, 0.1) is 18.8 Å². The molecule has 9 nitrogen and oxygen atoms in total. The van der Waals surface area contributed by atoms with Crippen LogP contribution in [0.3, 0.4) is 0 Å². The van der Waals surface area contributed by atoms with Crippen molar-refractivity contribution >= 4 is 16.0 Å². The van der Waals surface area contributed by atoms with Gasteiger partial charge in [-0.05, 0) is 53.6 Å². The van der Waals surface area contributed by atoms with Gasteiger partial charge in [-0.25, -0.2) is 4.39 Å². The smallest absolute Gasteiger partial charge is 0.278 e. The molecule has 0 saturated carbocycles. The third-order valence-corrected chi connectivity index (χ3v) is 10.1. The topological polar surface area (TPSA) is 119 Å². The van der Waals surface area contributed by atoms with Crippen LogP contribution in [0.5, 0.6) is 5.75 Å². The number of hydrogen-bond donors (Lipinski definition) is 1. The second kappa shape index (κ2) is 15.0. The number of ether oxygens (including phenoxy) is 1. The van der Waals surface area contributed by atoms with Crippen LogP contribution < -0.4 is 10.2 Å². The van der Waals surface area contributed by atoms with Crippen LogP contribution in [0.25, 0.3) is 0 Å². The summed E-state index contributed by atoms with van der Waals surface area (Å²) in [7, 11) is -4.74. The summed E-state index contributed by atoms with van der Waals surface area (Å²) >= 11 is 0. The Hall–Kier alpha value is -5.13. The number of nitrogens with zero attached hydrogens (tertiary/aromatic N) is 3. The molecule has 2 heterocycles. The number of amides is 1. The first-order valence-corrected chi connectivity index (χ1v) is 17.6. The third-order valence-electron chi connectivity index (χ3n) is 8.85. The molecule has 6 rings (SSSR count). The molecule has 0 spiro atoms. The van der Waals surface area contributed by atoms with Crippen LogP contribution >= 0.6 is 0 Å². The molecule has 0 radical (unpaired) electrons. The van der Waals surface area contributed by atoms with Crippen molar-refractivity contribution in [1.82, 2.24) is 14.7 Å². The second-order valence-corrected chi connectivity index (χ2v) is 13.8. The molecule has 1 aliphatic rings. The Morgan fingerprint density at radius 2 is 1.53 bits per heavy atom. The molecule has 3 atom stereocenters. The highest BCUT2D eigenvalue weighted by atomic mass is 32.2. The van der Waals surface area contributed by atoms with E-state index in [0.29, 0.717) is 12.0 Å². The van der Waals surface area contributed by atoms with E-state index in [1.165, 1.54) is 27.9 Å². The molecule has 4 aromatic carbocycles. The molecular formula is C38H36FN3O6S. The maximum atomic E-state index is 14.4. The maximum Gasteiger partial charge on any atom is 0.278 e. The first-order valence-electron chi connectivity index (χ1n) is 16.1. The minimum Gasteiger partial charge on any atom is -0.483 e. The van der Waals surface area contributed by atoms with Gasteiger partial charge >= 0.3 is 0 Å². The minimum atomic E-state index is -4.74. The van der Waals surface area contributed by atoms with Gasteiger partial charge in [0.25, 0.3) is 21.5 Å². The number of aromatic nitrogens is 2. The first kappa shape index (κ1) is 33.8. The van der Waals surface area contributed by atoms with Gasteiger partial charge < -0.3 is 9.64 Å². The molecule has 252 valence electrons. The number of carbonyl (C=O) groups excluding carboxylic acids is 1. The van der Waals surface area contributed by atoms with E-state index < -0.39 is 50.2 Å². The Bertz CT molecular complexity index is 2060. The Morgan fingerprint density at radius 3 is 2.18 bits per heavy atom. The zero-order chi connectivity index (χ0) is 34.4. The van der Waals surface area contributed by atoms with Crippen LogP contribution in [0.15, 0.2) is 126 Å². The van der Waals surface area contributed by atoms with Crippen LogP contribution in [0.1, 0.15) is 57.9 Å². The maximum absolute atomic E-state index is 14.4. The summed E-state index contributed by atoms with van der Waals surface area (Å²) in [5.41, 5.74) is 1.83. The molecular weight excluding hydrogens is 645 g/mol. The fourth-order valence-electron chi connectivity index (χ4n) is 6.49. The lowest BCUT2D eigenvalue weighted by molar-refractivity contribution is 0.0718. The monoisotopic (exact) mass is 681 g/mol. The quantitative estimate of drug-likeness (QED) is 0.158. The summed E-state index contributed by atoms with van der Waals surface area (Å²) in [6.45, 7) is 0.476. The molecule has 1 fully saturated rings. The van der Waals surface area contributed by atoms with Crippen molar-refractivity contribution < 1.29 is 26.9 Å². The lowest BCUT2D eigenvalue weighted by atomic mass is 9.85. The normalized spacial score (nSPS) is 15.9. The van der Waals surface area contributed by atoms with Gasteiger partial charge in [0, 0.05) is 12.5 Å². The summed E-state index contributed by atoms with van der Waals surface area (Å²) in [6, 6.07) is 32.6. The summed E-state index contributed by atoms with van der Waals surface area (Å²) in [4.78, 5) is 29.4. The van der Waals surface area contributed by atoms with Gasteiger partial charge in [-0.15, -0.1) is 0 Å². The third kappa shape index (κ3) is 8.13. The van der Waals surface area contributed by atoms with Gasteiger partial charge in [-0.2, -0.15) is 13.5 Å². The van der Waals surface area contributed by atoms with Crippen molar-refractivity contribution in [2.75, 3.05) is 6.54 Å². The Morgan fingerprint density at radius 1 is 0.898 bits per heavy atom. The van der Waals surface area contributed by atoms with Gasteiger partial charge in [0.2, 0.25) is 0 Å². The number of benzene rings is 4. The molecule has 1 aliphatic heterocycles. The SMILES string of the molecule is O=C(c1nn(Cc2ccccc2)cc(OCc2ccccc2)c1=O)N1CCC[C@@H]1C(CC(c1ccccc1)c1cccc(F)c1)S(=O)(=O)O. The highest BCUT2D eigenvalue weighted by Gasteiger charge is 2.43. The van der Waals surface area contributed by atoms with E-state index in [4.69, 9.17) is 4.74 Å². The summed E-state index contributed by atoms with van der Waals surface area (Å²) in [6.07, 6.45) is 2.04. The van der Waals surface area contributed by atoms with Gasteiger partial charge in [0.15, 0.2) is 11.4 Å². The fraction of sp³-hybridized carbons (Fsp3) is 0.237. The van der Waals surface area contributed by atoms with Crippen LogP contribution in [0, 0.1) is 5.82 Å². The van der Waals surface area contributed by atoms with Gasteiger partial charge in [-0.3, -0.25) is 18.8 Å². The number of likely N-dealkylation sites (tertiary alicyclic amines) is 1. The summed E-state index contributed by atoms with van der Waals surface area (Å²) in [5, 5.41) is 3.00. The highest BCUT2D eigenvalue weighted by Crippen LogP contribution is 2.36. The lowest BCUT2D eigenvalue weighted by Crippen LogP contribution is -2.48. The average Bonchev–Trinajstić information content (AvgIpc) is 3.58. The predicted octanol–water partition coefficient (Wildman–Crippen LogP) is 6.09. The van der Waals surface area contributed by atoms with Crippen molar-refractivity contribution in [2.45, 2.75) is 49.6 Å². The van der Waals surface area contributed by atoms with Crippen molar-refractivity contribution in [3.63, 3.8) is 0 Å². The van der Waals surface area contributed by atoms with Gasteiger partial charge in [-0.1, -0.05) is 103 Å². The molecule has 1 aromatic heterocycles. The molecule has 5 aromatic rings. The predicted molar refractivity (Wildman–Crippen MR) is 184 cm³/mol.